The lowest BCUT2D eigenvalue weighted by molar-refractivity contribution is 0.242. The highest BCUT2D eigenvalue weighted by Gasteiger charge is 2.25. The maximum atomic E-state index is 5.89. The molecular formula is C14H16N4O. The molecule has 0 spiro atoms. The van der Waals surface area contributed by atoms with Crippen LogP contribution in [0.2, 0.25) is 0 Å². The Hall–Kier alpha value is -2.14. The van der Waals surface area contributed by atoms with Crippen LogP contribution in [-0.2, 0) is 6.42 Å². The van der Waals surface area contributed by atoms with Gasteiger partial charge in [0.15, 0.2) is 5.82 Å². The number of anilines is 1. The third-order valence-corrected chi connectivity index (χ3v) is 3.24. The second-order valence-electron chi connectivity index (χ2n) is 4.49. The summed E-state index contributed by atoms with van der Waals surface area (Å²) in [6, 6.07) is 7.88. The molecule has 0 fully saturated rings. The highest BCUT2D eigenvalue weighted by Crippen LogP contribution is 2.37. The van der Waals surface area contributed by atoms with Crippen molar-refractivity contribution in [2.45, 2.75) is 12.5 Å². The number of hydrogen-bond acceptors (Lipinski definition) is 5. The van der Waals surface area contributed by atoms with Crippen LogP contribution >= 0.6 is 0 Å². The number of rotatable bonds is 3. The minimum atomic E-state index is 0.0589. The van der Waals surface area contributed by atoms with Gasteiger partial charge in [-0.25, -0.2) is 9.97 Å². The van der Waals surface area contributed by atoms with Crippen LogP contribution in [0.4, 0.5) is 5.82 Å². The number of para-hydroxylation sites is 1. The molecule has 0 bridgehead atoms. The highest BCUT2D eigenvalue weighted by molar-refractivity contribution is 5.68. The van der Waals surface area contributed by atoms with Gasteiger partial charge in [0.25, 0.3) is 0 Å². The molecule has 3 N–H and O–H groups in total. The van der Waals surface area contributed by atoms with Crippen molar-refractivity contribution in [3.8, 4) is 17.1 Å². The van der Waals surface area contributed by atoms with Gasteiger partial charge in [0, 0.05) is 26.2 Å². The highest BCUT2D eigenvalue weighted by atomic mass is 16.5. The van der Waals surface area contributed by atoms with Crippen molar-refractivity contribution in [3.05, 3.63) is 36.0 Å². The Balaban J connectivity index is 2.05. The number of hydrogen-bond donors (Lipinski definition) is 2. The molecule has 3 rings (SSSR count). The van der Waals surface area contributed by atoms with E-state index in [1.54, 1.807) is 6.20 Å². The maximum absolute atomic E-state index is 5.89. The number of ether oxygens (including phenoxy) is 1. The number of nitrogens with one attached hydrogen (secondary N) is 1. The fourth-order valence-corrected chi connectivity index (χ4v) is 2.27. The molecule has 0 saturated carbocycles. The fourth-order valence-electron chi connectivity index (χ4n) is 2.27. The van der Waals surface area contributed by atoms with E-state index in [1.807, 2.05) is 25.2 Å². The molecule has 1 aromatic heterocycles. The summed E-state index contributed by atoms with van der Waals surface area (Å²) in [5, 5.41) is 3.01. The number of nitrogens with zero attached hydrogens (tertiary/aromatic N) is 2. The minimum Gasteiger partial charge on any atom is -0.488 e. The summed E-state index contributed by atoms with van der Waals surface area (Å²) in [6.45, 7) is 0.519. The van der Waals surface area contributed by atoms with E-state index >= 15 is 0 Å². The van der Waals surface area contributed by atoms with Crippen LogP contribution in [-0.4, -0.2) is 29.7 Å². The van der Waals surface area contributed by atoms with Gasteiger partial charge in [-0.3, -0.25) is 0 Å². The topological polar surface area (TPSA) is 73.1 Å². The Morgan fingerprint density at radius 3 is 3.11 bits per heavy atom. The Bertz CT molecular complexity index is 600. The predicted octanol–water partition coefficient (Wildman–Crippen LogP) is 1.45. The maximum Gasteiger partial charge on any atom is 0.165 e. The summed E-state index contributed by atoms with van der Waals surface area (Å²) in [5.74, 6) is 2.32. The third-order valence-electron chi connectivity index (χ3n) is 3.24. The zero-order valence-electron chi connectivity index (χ0n) is 10.8. The van der Waals surface area contributed by atoms with Gasteiger partial charge in [0.05, 0.1) is 5.56 Å². The molecule has 5 heteroatoms. The van der Waals surface area contributed by atoms with E-state index in [0.717, 1.165) is 23.6 Å². The Kier molecular flexibility index (Phi) is 3.05. The molecule has 2 aromatic rings. The summed E-state index contributed by atoms with van der Waals surface area (Å²) in [7, 11) is 1.84. The van der Waals surface area contributed by atoms with Crippen LogP contribution in [0, 0.1) is 0 Å². The number of aromatic nitrogens is 2. The summed E-state index contributed by atoms with van der Waals surface area (Å²) in [4.78, 5) is 8.78. The molecule has 1 atom stereocenters. The van der Waals surface area contributed by atoms with Gasteiger partial charge in [-0.1, -0.05) is 12.1 Å². The molecule has 2 heterocycles. The first kappa shape index (κ1) is 11.9. The van der Waals surface area contributed by atoms with Gasteiger partial charge >= 0.3 is 0 Å². The van der Waals surface area contributed by atoms with Crippen molar-refractivity contribution in [2.75, 3.05) is 18.9 Å². The average Bonchev–Trinajstić information content (AvgIpc) is 2.90. The predicted molar refractivity (Wildman–Crippen MR) is 74.2 cm³/mol. The molecule has 0 amide bonds. The van der Waals surface area contributed by atoms with Crippen LogP contribution in [0.1, 0.15) is 5.56 Å². The largest absolute Gasteiger partial charge is 0.488 e. The van der Waals surface area contributed by atoms with E-state index in [1.165, 1.54) is 5.56 Å². The molecule has 1 aromatic carbocycles. The first-order valence-corrected chi connectivity index (χ1v) is 6.31. The van der Waals surface area contributed by atoms with Crippen molar-refractivity contribution in [2.24, 2.45) is 5.73 Å². The van der Waals surface area contributed by atoms with E-state index in [4.69, 9.17) is 10.5 Å². The van der Waals surface area contributed by atoms with Gasteiger partial charge in [-0.05, 0) is 17.7 Å². The van der Waals surface area contributed by atoms with Gasteiger partial charge in [-0.2, -0.15) is 0 Å². The van der Waals surface area contributed by atoms with Crippen LogP contribution in [0.25, 0.3) is 11.4 Å². The van der Waals surface area contributed by atoms with E-state index < -0.39 is 0 Å². The molecule has 1 aliphatic heterocycles. The fraction of sp³-hybridized carbons (Fsp3) is 0.286. The van der Waals surface area contributed by atoms with Crippen molar-refractivity contribution < 1.29 is 4.74 Å². The van der Waals surface area contributed by atoms with E-state index in [-0.39, 0.29) is 6.10 Å². The number of fused-ring (bicyclic) bond motifs is 1. The molecule has 0 radical (unpaired) electrons. The molecule has 19 heavy (non-hydrogen) atoms. The summed E-state index contributed by atoms with van der Waals surface area (Å²) in [6.07, 6.45) is 2.65. The molecule has 98 valence electrons. The lowest BCUT2D eigenvalue weighted by Gasteiger charge is -2.10. The second-order valence-corrected chi connectivity index (χ2v) is 4.49. The SMILES string of the molecule is CNc1ccnc(-c2cccc3c2O[C@H](CN)C3)n1. The lowest BCUT2D eigenvalue weighted by Crippen LogP contribution is -2.24. The Morgan fingerprint density at radius 2 is 2.32 bits per heavy atom. The molecule has 0 saturated heterocycles. The minimum absolute atomic E-state index is 0.0589. The van der Waals surface area contributed by atoms with E-state index in [2.05, 4.69) is 21.4 Å². The van der Waals surface area contributed by atoms with Gasteiger partial charge in [-0.15, -0.1) is 0 Å². The first-order valence-electron chi connectivity index (χ1n) is 6.31. The van der Waals surface area contributed by atoms with Crippen molar-refractivity contribution in [3.63, 3.8) is 0 Å². The monoisotopic (exact) mass is 256 g/mol. The van der Waals surface area contributed by atoms with E-state index in [9.17, 15) is 0 Å². The standard InChI is InChI=1S/C14H16N4O/c1-16-12-5-6-17-14(18-12)11-4-2-3-9-7-10(8-15)19-13(9)11/h2-6,10H,7-8,15H2,1H3,(H,16,17,18)/t10-/m0/s1. The van der Waals surface area contributed by atoms with Crippen molar-refractivity contribution >= 4 is 5.82 Å². The quantitative estimate of drug-likeness (QED) is 0.869. The normalized spacial score (nSPS) is 16.8. The number of nitrogens with two attached hydrogens (primary N) is 1. The molecule has 1 aliphatic rings. The summed E-state index contributed by atoms with van der Waals surface area (Å²) < 4.78 is 5.89. The summed E-state index contributed by atoms with van der Waals surface area (Å²) in [5.41, 5.74) is 7.78. The van der Waals surface area contributed by atoms with Gasteiger partial charge < -0.3 is 15.8 Å². The molecule has 0 aliphatic carbocycles. The van der Waals surface area contributed by atoms with E-state index in [0.29, 0.717) is 12.4 Å². The zero-order chi connectivity index (χ0) is 13.2. The van der Waals surface area contributed by atoms with Gasteiger partial charge in [0.1, 0.15) is 17.7 Å². The molecular weight excluding hydrogens is 240 g/mol. The number of benzene rings is 1. The van der Waals surface area contributed by atoms with Crippen LogP contribution in [0.15, 0.2) is 30.5 Å². The third kappa shape index (κ3) is 2.13. The smallest absolute Gasteiger partial charge is 0.165 e. The Labute approximate surface area is 111 Å². The summed E-state index contributed by atoms with van der Waals surface area (Å²) >= 11 is 0. The molecule has 0 unspecified atom stereocenters. The average molecular weight is 256 g/mol. The van der Waals surface area contributed by atoms with Crippen LogP contribution in [0.3, 0.4) is 0 Å². The molecule has 5 nitrogen and oxygen atoms in total. The lowest BCUT2D eigenvalue weighted by atomic mass is 10.1. The van der Waals surface area contributed by atoms with Gasteiger partial charge in [0.2, 0.25) is 0 Å². The zero-order valence-corrected chi connectivity index (χ0v) is 10.8. The first-order chi connectivity index (χ1) is 9.31. The van der Waals surface area contributed by atoms with Crippen LogP contribution in [0.5, 0.6) is 5.75 Å². The van der Waals surface area contributed by atoms with Crippen molar-refractivity contribution in [1.29, 1.82) is 0 Å². The Morgan fingerprint density at radius 1 is 1.42 bits per heavy atom. The van der Waals surface area contributed by atoms with Crippen LogP contribution < -0.4 is 15.8 Å². The second kappa shape index (κ2) is 4.85. The van der Waals surface area contributed by atoms with Crippen molar-refractivity contribution in [1.82, 2.24) is 9.97 Å².